The third-order valence-corrected chi connectivity index (χ3v) is 2.76. The first-order chi connectivity index (χ1) is 5.55. The summed E-state index contributed by atoms with van der Waals surface area (Å²) in [6, 6.07) is -0.0313. The summed E-state index contributed by atoms with van der Waals surface area (Å²) in [6.45, 7) is 1.96. The van der Waals surface area contributed by atoms with Crippen LogP contribution in [0.4, 0.5) is 8.78 Å². The number of hydrogen-bond donors (Lipinski definition) is 1. The highest BCUT2D eigenvalue weighted by molar-refractivity contribution is 4.83. The van der Waals surface area contributed by atoms with Gasteiger partial charge in [0.2, 0.25) is 5.92 Å². The average Bonchev–Trinajstić information content (AvgIpc) is 2.01. The molecule has 0 aromatic carbocycles. The zero-order valence-corrected chi connectivity index (χ0v) is 7.52. The Hall–Kier alpha value is -0.180. The van der Waals surface area contributed by atoms with Gasteiger partial charge in [-0.1, -0.05) is 6.92 Å². The lowest BCUT2D eigenvalue weighted by Crippen LogP contribution is -2.37. The maximum absolute atomic E-state index is 12.9. The second-order valence-corrected chi connectivity index (χ2v) is 3.78. The molecule has 1 aliphatic rings. The summed E-state index contributed by atoms with van der Waals surface area (Å²) < 4.78 is 25.8. The van der Waals surface area contributed by atoms with Crippen LogP contribution in [-0.2, 0) is 0 Å². The molecule has 12 heavy (non-hydrogen) atoms. The van der Waals surface area contributed by atoms with Crippen LogP contribution in [0, 0.1) is 5.92 Å². The van der Waals surface area contributed by atoms with Crippen molar-refractivity contribution in [2.24, 2.45) is 11.7 Å². The van der Waals surface area contributed by atoms with Crippen molar-refractivity contribution in [1.29, 1.82) is 0 Å². The molecule has 0 saturated heterocycles. The van der Waals surface area contributed by atoms with Crippen LogP contribution < -0.4 is 5.73 Å². The lowest BCUT2D eigenvalue weighted by molar-refractivity contribution is -0.0562. The fourth-order valence-corrected chi connectivity index (χ4v) is 1.91. The molecule has 72 valence electrons. The molecule has 0 heterocycles. The molecule has 0 bridgehead atoms. The first kappa shape index (κ1) is 9.90. The predicted octanol–water partition coefficient (Wildman–Crippen LogP) is 2.55. The van der Waals surface area contributed by atoms with Gasteiger partial charge in [0.25, 0.3) is 0 Å². The van der Waals surface area contributed by atoms with E-state index in [1.54, 1.807) is 0 Å². The third kappa shape index (κ3) is 2.41. The summed E-state index contributed by atoms with van der Waals surface area (Å²) >= 11 is 0. The fourth-order valence-electron chi connectivity index (χ4n) is 1.91. The number of alkyl halides is 2. The molecule has 2 atom stereocenters. The second-order valence-electron chi connectivity index (χ2n) is 3.78. The number of halogens is 2. The lowest BCUT2D eigenvalue weighted by Gasteiger charge is -2.32. The highest BCUT2D eigenvalue weighted by Crippen LogP contribution is 2.37. The predicted molar refractivity (Wildman–Crippen MR) is 45.2 cm³/mol. The molecule has 0 aromatic rings. The quantitative estimate of drug-likeness (QED) is 0.689. The van der Waals surface area contributed by atoms with Crippen LogP contribution in [0.2, 0.25) is 0 Å². The minimum Gasteiger partial charge on any atom is -0.327 e. The Morgan fingerprint density at radius 3 is 2.75 bits per heavy atom. The summed E-state index contributed by atoms with van der Waals surface area (Å²) in [5, 5.41) is 0. The van der Waals surface area contributed by atoms with Crippen molar-refractivity contribution < 1.29 is 8.78 Å². The summed E-state index contributed by atoms with van der Waals surface area (Å²) in [5.41, 5.74) is 5.74. The molecular formula is C9H17F2N. The van der Waals surface area contributed by atoms with E-state index in [4.69, 9.17) is 5.73 Å². The maximum Gasteiger partial charge on any atom is 0.248 e. The molecular weight excluding hydrogens is 160 g/mol. The van der Waals surface area contributed by atoms with E-state index in [2.05, 4.69) is 0 Å². The number of rotatable bonds is 2. The van der Waals surface area contributed by atoms with Crippen LogP contribution in [0.25, 0.3) is 0 Å². The summed E-state index contributed by atoms with van der Waals surface area (Å²) in [7, 11) is 0. The summed E-state index contributed by atoms with van der Waals surface area (Å²) in [5.74, 6) is -2.41. The topological polar surface area (TPSA) is 26.0 Å². The number of nitrogens with two attached hydrogens (primary N) is 1. The molecule has 0 aromatic heterocycles. The molecule has 2 N–H and O–H groups in total. The van der Waals surface area contributed by atoms with Gasteiger partial charge in [0.1, 0.15) is 0 Å². The molecule has 0 aliphatic heterocycles. The van der Waals surface area contributed by atoms with Gasteiger partial charge in [-0.25, -0.2) is 8.78 Å². The van der Waals surface area contributed by atoms with Crippen LogP contribution in [0.1, 0.15) is 39.0 Å². The molecule has 1 nitrogen and oxygen atoms in total. The van der Waals surface area contributed by atoms with Gasteiger partial charge < -0.3 is 5.73 Å². The van der Waals surface area contributed by atoms with Gasteiger partial charge >= 0.3 is 0 Å². The Morgan fingerprint density at radius 2 is 2.25 bits per heavy atom. The van der Waals surface area contributed by atoms with Crippen molar-refractivity contribution in [3.63, 3.8) is 0 Å². The molecule has 3 heteroatoms. The Kier molecular flexibility index (Phi) is 3.04. The van der Waals surface area contributed by atoms with Gasteiger partial charge in [0.15, 0.2) is 0 Å². The standard InChI is InChI=1S/C9H17F2N/c1-2-8(12)7-4-3-5-9(10,11)6-7/h7-8H,2-6,12H2,1H3/t7?,8-/m0/s1. The third-order valence-electron chi connectivity index (χ3n) is 2.76. The van der Waals surface area contributed by atoms with Crippen molar-refractivity contribution in [3.05, 3.63) is 0 Å². The van der Waals surface area contributed by atoms with Crippen LogP contribution in [0.5, 0.6) is 0 Å². The van der Waals surface area contributed by atoms with Crippen LogP contribution in [0.3, 0.4) is 0 Å². The van der Waals surface area contributed by atoms with Gasteiger partial charge in [-0.15, -0.1) is 0 Å². The van der Waals surface area contributed by atoms with Crippen molar-refractivity contribution in [2.75, 3.05) is 0 Å². The van der Waals surface area contributed by atoms with Crippen molar-refractivity contribution in [2.45, 2.75) is 51.0 Å². The van der Waals surface area contributed by atoms with E-state index in [9.17, 15) is 8.78 Å². The SMILES string of the molecule is CC[C@H](N)C1CCCC(F)(F)C1. The Labute approximate surface area is 72.3 Å². The molecule has 1 saturated carbocycles. The molecule has 0 spiro atoms. The van der Waals surface area contributed by atoms with Crippen LogP contribution in [0.15, 0.2) is 0 Å². The maximum atomic E-state index is 12.9. The summed E-state index contributed by atoms with van der Waals surface area (Å²) in [6.07, 6.45) is 2.37. The van der Waals surface area contributed by atoms with Crippen LogP contribution >= 0.6 is 0 Å². The largest absolute Gasteiger partial charge is 0.327 e. The van der Waals surface area contributed by atoms with Gasteiger partial charge in [-0.3, -0.25) is 0 Å². The minimum absolute atomic E-state index is 0.00199. The second kappa shape index (κ2) is 3.69. The molecule has 1 unspecified atom stereocenters. The highest BCUT2D eigenvalue weighted by atomic mass is 19.3. The van der Waals surface area contributed by atoms with Crippen LogP contribution in [-0.4, -0.2) is 12.0 Å². The Morgan fingerprint density at radius 1 is 1.58 bits per heavy atom. The molecule has 1 rings (SSSR count). The zero-order chi connectivity index (χ0) is 9.19. The Balaban J connectivity index is 2.46. The van der Waals surface area contributed by atoms with Crippen molar-refractivity contribution in [1.82, 2.24) is 0 Å². The first-order valence-electron chi connectivity index (χ1n) is 4.68. The van der Waals surface area contributed by atoms with Crippen molar-refractivity contribution >= 4 is 0 Å². The fraction of sp³-hybridized carbons (Fsp3) is 1.00. The van der Waals surface area contributed by atoms with E-state index < -0.39 is 5.92 Å². The monoisotopic (exact) mass is 177 g/mol. The van der Waals surface area contributed by atoms with E-state index in [1.165, 1.54) is 0 Å². The number of hydrogen-bond acceptors (Lipinski definition) is 1. The normalized spacial score (nSPS) is 31.5. The highest BCUT2D eigenvalue weighted by Gasteiger charge is 2.37. The van der Waals surface area contributed by atoms with E-state index in [-0.39, 0.29) is 24.8 Å². The van der Waals surface area contributed by atoms with E-state index >= 15 is 0 Å². The van der Waals surface area contributed by atoms with Gasteiger partial charge in [0.05, 0.1) is 0 Å². The molecule has 1 fully saturated rings. The minimum atomic E-state index is -2.45. The van der Waals surface area contributed by atoms with E-state index in [0.29, 0.717) is 6.42 Å². The van der Waals surface area contributed by atoms with Gasteiger partial charge in [-0.2, -0.15) is 0 Å². The van der Waals surface area contributed by atoms with Gasteiger partial charge in [-0.05, 0) is 25.2 Å². The van der Waals surface area contributed by atoms with Crippen molar-refractivity contribution in [3.8, 4) is 0 Å². The Bertz CT molecular complexity index is 147. The summed E-state index contributed by atoms with van der Waals surface area (Å²) in [4.78, 5) is 0. The lowest BCUT2D eigenvalue weighted by atomic mass is 9.81. The molecule has 0 amide bonds. The average molecular weight is 177 g/mol. The zero-order valence-electron chi connectivity index (χ0n) is 7.52. The first-order valence-corrected chi connectivity index (χ1v) is 4.68. The smallest absolute Gasteiger partial charge is 0.248 e. The van der Waals surface area contributed by atoms with E-state index in [1.807, 2.05) is 6.92 Å². The van der Waals surface area contributed by atoms with E-state index in [0.717, 1.165) is 12.8 Å². The molecule has 1 aliphatic carbocycles. The van der Waals surface area contributed by atoms with Gasteiger partial charge in [0, 0.05) is 18.9 Å². The molecule has 0 radical (unpaired) electrons.